The van der Waals surface area contributed by atoms with E-state index in [0.717, 1.165) is 12.0 Å². The van der Waals surface area contributed by atoms with E-state index in [1.165, 1.54) is 24.6 Å². The van der Waals surface area contributed by atoms with Crippen LogP contribution >= 0.6 is 0 Å². The third-order valence-corrected chi connectivity index (χ3v) is 4.19. The first-order chi connectivity index (χ1) is 13.5. The van der Waals surface area contributed by atoms with Crippen molar-refractivity contribution in [3.63, 3.8) is 0 Å². The fourth-order valence-corrected chi connectivity index (χ4v) is 3.34. The minimum absolute atomic E-state index is 0.0375. The number of hydrogen-bond donors (Lipinski definition) is 1. The van der Waals surface area contributed by atoms with Crippen LogP contribution in [-0.2, 0) is 10.2 Å². The number of carbonyl (C=O) groups excluding carboxylic acids is 1. The molecule has 1 aromatic heterocycles. The third kappa shape index (κ3) is 6.74. The molecular formula is C21H27N3O5. The Balaban J connectivity index is 2.06. The lowest BCUT2D eigenvalue weighted by Crippen LogP contribution is -2.26. The van der Waals surface area contributed by atoms with Crippen molar-refractivity contribution >= 4 is 17.8 Å². The molecular weight excluding hydrogens is 374 g/mol. The maximum absolute atomic E-state index is 11.9. The minimum atomic E-state index is -0.542. The molecule has 2 rings (SSSR count). The van der Waals surface area contributed by atoms with E-state index in [4.69, 9.17) is 9.15 Å². The highest BCUT2D eigenvalue weighted by Crippen LogP contribution is 2.39. The number of amides is 1. The molecule has 0 spiro atoms. The maximum atomic E-state index is 11.9. The molecule has 0 unspecified atom stereocenters. The van der Waals surface area contributed by atoms with Gasteiger partial charge in [-0.15, -0.1) is 0 Å². The summed E-state index contributed by atoms with van der Waals surface area (Å²) < 4.78 is 10.4. The quantitative estimate of drug-likeness (QED) is 0.400. The zero-order valence-corrected chi connectivity index (χ0v) is 17.4. The predicted molar refractivity (Wildman–Crippen MR) is 110 cm³/mol. The van der Waals surface area contributed by atoms with E-state index in [1.54, 1.807) is 18.2 Å². The van der Waals surface area contributed by atoms with Gasteiger partial charge in [-0.05, 0) is 41.0 Å². The zero-order valence-electron chi connectivity index (χ0n) is 17.4. The van der Waals surface area contributed by atoms with Gasteiger partial charge < -0.3 is 9.15 Å². The van der Waals surface area contributed by atoms with Crippen LogP contribution in [0.4, 0.5) is 5.69 Å². The van der Waals surface area contributed by atoms with Crippen molar-refractivity contribution in [1.29, 1.82) is 0 Å². The summed E-state index contributed by atoms with van der Waals surface area (Å²) in [7, 11) is 0. The number of benzene rings is 1. The van der Waals surface area contributed by atoms with Crippen molar-refractivity contribution in [3.05, 3.63) is 58.0 Å². The number of hydrazone groups is 1. The molecule has 156 valence electrons. The van der Waals surface area contributed by atoms with Crippen LogP contribution in [0.1, 0.15) is 52.4 Å². The van der Waals surface area contributed by atoms with Gasteiger partial charge in [-0.1, -0.05) is 40.7 Å². The van der Waals surface area contributed by atoms with E-state index >= 15 is 0 Å². The summed E-state index contributed by atoms with van der Waals surface area (Å²) in [5, 5.41) is 15.3. The molecule has 2 aromatic rings. The average Bonchev–Trinajstić information content (AvgIpc) is 3.11. The van der Waals surface area contributed by atoms with Crippen LogP contribution in [0.2, 0.25) is 0 Å². The van der Waals surface area contributed by atoms with Crippen LogP contribution in [0.25, 0.3) is 0 Å². The van der Waals surface area contributed by atoms with E-state index in [-0.39, 0.29) is 22.3 Å². The van der Waals surface area contributed by atoms with E-state index in [9.17, 15) is 14.9 Å². The molecule has 0 aliphatic rings. The van der Waals surface area contributed by atoms with Crippen LogP contribution in [0, 0.1) is 15.5 Å². The molecule has 0 aliphatic heterocycles. The van der Waals surface area contributed by atoms with Gasteiger partial charge in [0.25, 0.3) is 5.91 Å². The molecule has 1 aromatic carbocycles. The fourth-order valence-electron chi connectivity index (χ4n) is 3.34. The monoisotopic (exact) mass is 401 g/mol. The molecule has 8 nitrogen and oxygen atoms in total. The van der Waals surface area contributed by atoms with E-state index in [0.29, 0.717) is 5.76 Å². The van der Waals surface area contributed by atoms with Gasteiger partial charge in [-0.2, -0.15) is 5.10 Å². The second-order valence-corrected chi connectivity index (χ2v) is 8.66. The van der Waals surface area contributed by atoms with Gasteiger partial charge in [0.1, 0.15) is 5.76 Å². The summed E-state index contributed by atoms with van der Waals surface area (Å²) in [6.45, 7) is 10.1. The Morgan fingerprint density at radius 2 is 2.00 bits per heavy atom. The van der Waals surface area contributed by atoms with Crippen LogP contribution in [0.15, 0.2) is 46.1 Å². The summed E-state index contributed by atoms with van der Waals surface area (Å²) in [4.78, 5) is 22.9. The first-order valence-electron chi connectivity index (χ1n) is 9.25. The van der Waals surface area contributed by atoms with Crippen molar-refractivity contribution in [1.82, 2.24) is 5.43 Å². The Morgan fingerprint density at radius 3 is 2.59 bits per heavy atom. The van der Waals surface area contributed by atoms with Crippen LogP contribution in [0.5, 0.6) is 5.75 Å². The average molecular weight is 401 g/mol. The van der Waals surface area contributed by atoms with Crippen molar-refractivity contribution in [2.45, 2.75) is 46.5 Å². The van der Waals surface area contributed by atoms with E-state index < -0.39 is 17.4 Å². The van der Waals surface area contributed by atoms with Crippen molar-refractivity contribution in [2.24, 2.45) is 10.5 Å². The number of ether oxygens (including phenoxy) is 1. The predicted octanol–water partition coefficient (Wildman–Crippen LogP) is 4.43. The Kier molecular flexibility index (Phi) is 6.79. The number of carbonyl (C=O) groups is 1. The number of furan rings is 1. The molecule has 0 saturated heterocycles. The molecule has 8 heteroatoms. The second-order valence-electron chi connectivity index (χ2n) is 8.66. The Morgan fingerprint density at radius 1 is 1.28 bits per heavy atom. The Labute approximate surface area is 170 Å². The van der Waals surface area contributed by atoms with Gasteiger partial charge in [-0.25, -0.2) is 5.43 Å². The van der Waals surface area contributed by atoms with Gasteiger partial charge in [0.2, 0.25) is 0 Å². The largest absolute Gasteiger partial charge is 0.477 e. The van der Waals surface area contributed by atoms with Crippen molar-refractivity contribution in [2.75, 3.05) is 6.61 Å². The van der Waals surface area contributed by atoms with Crippen LogP contribution < -0.4 is 10.2 Å². The number of nitro groups is 1. The van der Waals surface area contributed by atoms with Crippen LogP contribution in [0.3, 0.4) is 0 Å². The number of rotatable bonds is 8. The van der Waals surface area contributed by atoms with Crippen molar-refractivity contribution in [3.8, 4) is 5.75 Å². The Hall–Kier alpha value is -3.16. The second kappa shape index (κ2) is 8.89. The molecule has 0 aliphatic carbocycles. The Bertz CT molecular complexity index is 880. The molecule has 0 saturated carbocycles. The molecule has 1 heterocycles. The first-order valence-corrected chi connectivity index (χ1v) is 9.25. The summed E-state index contributed by atoms with van der Waals surface area (Å²) >= 11 is 0. The first kappa shape index (κ1) is 22.1. The van der Waals surface area contributed by atoms with E-state index in [2.05, 4.69) is 45.1 Å². The number of nitro benzene ring substituents is 1. The SMILES string of the molecule is CC(C)(C)CC(C)(C)c1ccc(OCC(=O)N/N=C/c2ccco2)c([N+](=O)[O-])c1. The van der Waals surface area contributed by atoms with Gasteiger partial charge in [-0.3, -0.25) is 14.9 Å². The maximum Gasteiger partial charge on any atom is 0.311 e. The van der Waals surface area contributed by atoms with Gasteiger partial charge in [0.15, 0.2) is 12.4 Å². The summed E-state index contributed by atoms with van der Waals surface area (Å²) in [5.41, 5.74) is 2.77. The molecule has 29 heavy (non-hydrogen) atoms. The van der Waals surface area contributed by atoms with Gasteiger partial charge in [0.05, 0.1) is 17.4 Å². The number of nitrogens with zero attached hydrogens (tertiary/aromatic N) is 2. The lowest BCUT2D eigenvalue weighted by Gasteiger charge is -2.33. The fraction of sp³-hybridized carbons (Fsp3) is 0.429. The smallest absolute Gasteiger partial charge is 0.311 e. The molecule has 0 bridgehead atoms. The highest BCUT2D eigenvalue weighted by molar-refractivity contribution is 5.81. The topological polar surface area (TPSA) is 107 Å². The standard InChI is InChI=1S/C21H27N3O5/c1-20(2,3)14-21(4,5)15-8-9-18(17(11-15)24(26)27)29-13-19(25)23-22-12-16-7-6-10-28-16/h6-12H,13-14H2,1-5H3,(H,23,25)/b22-12+. The highest BCUT2D eigenvalue weighted by atomic mass is 16.6. The number of nitrogens with one attached hydrogen (secondary N) is 1. The third-order valence-electron chi connectivity index (χ3n) is 4.19. The van der Waals surface area contributed by atoms with Crippen LogP contribution in [-0.4, -0.2) is 23.7 Å². The number of hydrogen-bond acceptors (Lipinski definition) is 6. The zero-order chi connectivity index (χ0) is 21.7. The molecule has 0 radical (unpaired) electrons. The minimum Gasteiger partial charge on any atom is -0.477 e. The highest BCUT2D eigenvalue weighted by Gasteiger charge is 2.29. The molecule has 0 atom stereocenters. The molecule has 0 fully saturated rings. The van der Waals surface area contributed by atoms with Gasteiger partial charge in [0, 0.05) is 6.07 Å². The summed E-state index contributed by atoms with van der Waals surface area (Å²) in [6.07, 6.45) is 3.68. The summed E-state index contributed by atoms with van der Waals surface area (Å²) in [5.74, 6) is -0.0231. The van der Waals surface area contributed by atoms with Crippen molar-refractivity contribution < 1.29 is 18.9 Å². The van der Waals surface area contributed by atoms with E-state index in [1.807, 2.05) is 0 Å². The van der Waals surface area contributed by atoms with Gasteiger partial charge >= 0.3 is 5.69 Å². The summed E-state index contributed by atoms with van der Waals surface area (Å²) in [6, 6.07) is 8.24. The lowest BCUT2D eigenvalue weighted by atomic mass is 9.72. The molecule has 1 amide bonds. The molecule has 1 N–H and O–H groups in total. The lowest BCUT2D eigenvalue weighted by molar-refractivity contribution is -0.385. The normalized spacial score (nSPS) is 12.2.